The van der Waals surface area contributed by atoms with Crippen molar-refractivity contribution < 1.29 is 4.79 Å². The number of rotatable bonds is 7. The van der Waals surface area contributed by atoms with E-state index in [1.165, 1.54) is 0 Å². The first-order chi connectivity index (χ1) is 13.0. The van der Waals surface area contributed by atoms with Crippen LogP contribution < -0.4 is 10.6 Å². The van der Waals surface area contributed by atoms with Crippen LogP contribution in [0.4, 0.5) is 17.3 Å². The summed E-state index contributed by atoms with van der Waals surface area (Å²) in [6.45, 7) is 6.70. The third-order valence-electron chi connectivity index (χ3n) is 4.01. The van der Waals surface area contributed by atoms with Crippen LogP contribution in [0, 0.1) is 5.92 Å². The summed E-state index contributed by atoms with van der Waals surface area (Å²) < 4.78 is 0. The van der Waals surface area contributed by atoms with E-state index in [-0.39, 0.29) is 5.78 Å². The van der Waals surface area contributed by atoms with Crippen LogP contribution in [0.5, 0.6) is 0 Å². The number of carbonyl (C=O) groups is 1. The molecule has 0 amide bonds. The van der Waals surface area contributed by atoms with Crippen LogP contribution in [0.25, 0.3) is 11.4 Å². The summed E-state index contributed by atoms with van der Waals surface area (Å²) in [6.07, 6.45) is 0. The molecule has 138 valence electrons. The Balaban J connectivity index is 1.90. The minimum atomic E-state index is 0.0510. The van der Waals surface area contributed by atoms with E-state index in [1.807, 2.05) is 60.7 Å². The predicted molar refractivity (Wildman–Crippen MR) is 111 cm³/mol. The Morgan fingerprint density at radius 3 is 2.26 bits per heavy atom. The molecule has 0 bridgehead atoms. The number of carbonyl (C=O) groups excluding carboxylic acids is 1. The molecule has 0 aliphatic rings. The Hall–Kier alpha value is -3.21. The average Bonchev–Trinajstić information content (AvgIpc) is 2.67. The second-order valence-corrected chi connectivity index (χ2v) is 6.86. The largest absolute Gasteiger partial charge is 0.370 e. The third-order valence-corrected chi connectivity index (χ3v) is 4.01. The fourth-order valence-corrected chi connectivity index (χ4v) is 2.56. The number of benzene rings is 2. The fourth-order valence-electron chi connectivity index (χ4n) is 2.56. The van der Waals surface area contributed by atoms with Crippen molar-refractivity contribution in [1.82, 2.24) is 9.97 Å². The lowest BCUT2D eigenvalue weighted by Gasteiger charge is -2.13. The molecule has 0 aliphatic heterocycles. The predicted octanol–water partition coefficient (Wildman–Crippen LogP) is 5.16. The van der Waals surface area contributed by atoms with E-state index in [0.29, 0.717) is 23.1 Å². The van der Waals surface area contributed by atoms with E-state index in [2.05, 4.69) is 34.4 Å². The molecule has 0 fully saturated rings. The van der Waals surface area contributed by atoms with Gasteiger partial charge in [-0.1, -0.05) is 44.2 Å². The normalized spacial score (nSPS) is 10.7. The summed E-state index contributed by atoms with van der Waals surface area (Å²) >= 11 is 0. The lowest BCUT2D eigenvalue weighted by molar-refractivity contribution is 0.101. The van der Waals surface area contributed by atoms with E-state index in [0.717, 1.165) is 23.6 Å². The number of aromatic nitrogens is 2. The summed E-state index contributed by atoms with van der Waals surface area (Å²) in [5.74, 6) is 2.70. The monoisotopic (exact) mass is 360 g/mol. The summed E-state index contributed by atoms with van der Waals surface area (Å²) in [6, 6.07) is 19.2. The molecule has 3 rings (SSSR count). The SMILES string of the molecule is CC(=O)c1ccc(Nc2cc(NCC(C)C)nc(-c3ccccc3)n2)cc1. The highest BCUT2D eigenvalue weighted by Crippen LogP contribution is 2.23. The molecule has 27 heavy (non-hydrogen) atoms. The molecule has 2 N–H and O–H groups in total. The topological polar surface area (TPSA) is 66.9 Å². The number of hydrogen-bond donors (Lipinski definition) is 2. The lowest BCUT2D eigenvalue weighted by atomic mass is 10.1. The van der Waals surface area contributed by atoms with Gasteiger partial charge in [0.05, 0.1) is 0 Å². The van der Waals surface area contributed by atoms with Crippen LogP contribution in [0.2, 0.25) is 0 Å². The summed E-state index contributed by atoms with van der Waals surface area (Å²) in [7, 11) is 0. The number of Topliss-reactive ketones (excluding diaryl/α,β-unsaturated/α-hetero) is 1. The van der Waals surface area contributed by atoms with Crippen molar-refractivity contribution in [2.45, 2.75) is 20.8 Å². The van der Waals surface area contributed by atoms with Gasteiger partial charge in [-0.2, -0.15) is 0 Å². The van der Waals surface area contributed by atoms with Gasteiger partial charge in [0, 0.05) is 29.4 Å². The maximum atomic E-state index is 11.4. The van der Waals surface area contributed by atoms with Gasteiger partial charge in [-0.15, -0.1) is 0 Å². The van der Waals surface area contributed by atoms with Crippen LogP contribution in [-0.4, -0.2) is 22.3 Å². The maximum absolute atomic E-state index is 11.4. The second kappa shape index (κ2) is 8.45. The zero-order valence-corrected chi connectivity index (χ0v) is 15.9. The van der Waals surface area contributed by atoms with Gasteiger partial charge in [0.1, 0.15) is 11.6 Å². The Bertz CT molecular complexity index is 905. The summed E-state index contributed by atoms with van der Waals surface area (Å²) in [5.41, 5.74) is 2.51. The van der Waals surface area contributed by atoms with Crippen molar-refractivity contribution >= 4 is 23.1 Å². The molecule has 5 nitrogen and oxygen atoms in total. The van der Waals surface area contributed by atoms with Crippen molar-refractivity contribution in [2.75, 3.05) is 17.2 Å². The Morgan fingerprint density at radius 2 is 1.63 bits per heavy atom. The van der Waals surface area contributed by atoms with Crippen molar-refractivity contribution in [2.24, 2.45) is 5.92 Å². The van der Waals surface area contributed by atoms with Crippen molar-refractivity contribution in [3.8, 4) is 11.4 Å². The van der Waals surface area contributed by atoms with Gasteiger partial charge in [0.2, 0.25) is 0 Å². The van der Waals surface area contributed by atoms with Gasteiger partial charge in [-0.3, -0.25) is 4.79 Å². The molecule has 0 saturated heterocycles. The Kier molecular flexibility index (Phi) is 5.81. The maximum Gasteiger partial charge on any atom is 0.163 e. The molecule has 5 heteroatoms. The Morgan fingerprint density at radius 1 is 0.963 bits per heavy atom. The van der Waals surface area contributed by atoms with Crippen LogP contribution in [0.3, 0.4) is 0 Å². The smallest absolute Gasteiger partial charge is 0.163 e. The van der Waals surface area contributed by atoms with Crippen LogP contribution >= 0.6 is 0 Å². The zero-order valence-electron chi connectivity index (χ0n) is 15.9. The number of ketones is 1. The van der Waals surface area contributed by atoms with Gasteiger partial charge in [-0.25, -0.2) is 9.97 Å². The first-order valence-electron chi connectivity index (χ1n) is 9.07. The van der Waals surface area contributed by atoms with Crippen LogP contribution in [0.1, 0.15) is 31.1 Å². The van der Waals surface area contributed by atoms with Gasteiger partial charge in [0.25, 0.3) is 0 Å². The minimum absolute atomic E-state index is 0.0510. The van der Waals surface area contributed by atoms with E-state index < -0.39 is 0 Å². The van der Waals surface area contributed by atoms with Gasteiger partial charge in [0.15, 0.2) is 11.6 Å². The number of nitrogens with zero attached hydrogens (tertiary/aromatic N) is 2. The van der Waals surface area contributed by atoms with Crippen molar-refractivity contribution in [3.63, 3.8) is 0 Å². The number of anilines is 3. The Labute approximate surface area is 159 Å². The van der Waals surface area contributed by atoms with Crippen LogP contribution in [-0.2, 0) is 0 Å². The molecule has 0 radical (unpaired) electrons. The zero-order chi connectivity index (χ0) is 19.2. The fraction of sp³-hybridized carbons (Fsp3) is 0.227. The highest BCUT2D eigenvalue weighted by atomic mass is 16.1. The summed E-state index contributed by atoms with van der Waals surface area (Å²) in [5, 5.41) is 6.67. The highest BCUT2D eigenvalue weighted by molar-refractivity contribution is 5.94. The average molecular weight is 360 g/mol. The molecule has 1 heterocycles. The van der Waals surface area contributed by atoms with Crippen molar-refractivity contribution in [3.05, 3.63) is 66.2 Å². The first kappa shape index (κ1) is 18.6. The lowest BCUT2D eigenvalue weighted by Crippen LogP contribution is -2.10. The number of hydrogen-bond acceptors (Lipinski definition) is 5. The van der Waals surface area contributed by atoms with E-state index in [1.54, 1.807) is 6.92 Å². The third kappa shape index (κ3) is 5.14. The molecule has 1 aromatic heterocycles. The molecule has 0 unspecified atom stereocenters. The molecule has 3 aromatic rings. The molecular weight excluding hydrogens is 336 g/mol. The van der Waals surface area contributed by atoms with Gasteiger partial charge >= 0.3 is 0 Å². The van der Waals surface area contributed by atoms with Crippen LogP contribution in [0.15, 0.2) is 60.7 Å². The molecule has 2 aromatic carbocycles. The molecule has 0 spiro atoms. The highest BCUT2D eigenvalue weighted by Gasteiger charge is 2.08. The quantitative estimate of drug-likeness (QED) is 0.570. The molecule has 0 aliphatic carbocycles. The summed E-state index contributed by atoms with van der Waals surface area (Å²) in [4.78, 5) is 20.7. The molecular formula is C22H24N4O. The van der Waals surface area contributed by atoms with E-state index >= 15 is 0 Å². The molecule has 0 atom stereocenters. The second-order valence-electron chi connectivity index (χ2n) is 6.86. The van der Waals surface area contributed by atoms with Gasteiger partial charge < -0.3 is 10.6 Å². The van der Waals surface area contributed by atoms with Crippen molar-refractivity contribution in [1.29, 1.82) is 0 Å². The van der Waals surface area contributed by atoms with Gasteiger partial charge in [-0.05, 0) is 37.1 Å². The first-order valence-corrected chi connectivity index (χ1v) is 9.07. The minimum Gasteiger partial charge on any atom is -0.370 e. The van der Waals surface area contributed by atoms with E-state index in [4.69, 9.17) is 0 Å². The standard InChI is InChI=1S/C22H24N4O/c1-15(2)14-23-20-13-21(24-19-11-9-17(10-12-19)16(3)27)26-22(25-20)18-7-5-4-6-8-18/h4-13,15H,14H2,1-3H3,(H2,23,24,25,26). The molecule has 0 saturated carbocycles. The van der Waals surface area contributed by atoms with E-state index in [9.17, 15) is 4.79 Å². The number of nitrogens with one attached hydrogen (secondary N) is 2.